The van der Waals surface area contributed by atoms with Gasteiger partial charge in [0.25, 0.3) is 0 Å². The van der Waals surface area contributed by atoms with Crippen molar-refractivity contribution >= 4 is 12.2 Å². The maximum absolute atomic E-state index is 10.7. The standard InChI is InChI=1S/C30H38O5/c1-28(2)11-9-21-22(31)14-19(15-23(21)34-28)8-7-18-13-20-17-25-29(3,4)26(32)10-12-30(25,5)35-27(20)24(16-18)33-6/h7-8,13-16,25-26,31-32H,9-12,17H2,1-6H3/b8-7+/t25-,26-,30-/m1/s1. The second kappa shape index (κ2) is 8.19. The molecule has 0 unspecified atom stereocenters. The highest BCUT2D eigenvalue weighted by Crippen LogP contribution is 2.55. The first-order valence-electron chi connectivity index (χ1n) is 12.7. The maximum Gasteiger partial charge on any atom is 0.165 e. The van der Waals surface area contributed by atoms with Crippen LogP contribution >= 0.6 is 0 Å². The van der Waals surface area contributed by atoms with Crippen LogP contribution in [0.5, 0.6) is 23.0 Å². The summed E-state index contributed by atoms with van der Waals surface area (Å²) in [7, 11) is 1.68. The maximum atomic E-state index is 10.7. The Balaban J connectivity index is 1.48. The summed E-state index contributed by atoms with van der Waals surface area (Å²) in [6, 6.07) is 7.96. The number of phenols is 1. The predicted octanol–water partition coefficient (Wildman–Crippen LogP) is 6.17. The lowest BCUT2D eigenvalue weighted by molar-refractivity contribution is -0.138. The molecule has 2 aliphatic heterocycles. The number of phenolic OH excluding ortho intramolecular Hbond substituents is 1. The van der Waals surface area contributed by atoms with Crippen molar-refractivity contribution in [1.82, 2.24) is 0 Å². The summed E-state index contributed by atoms with van der Waals surface area (Å²) < 4.78 is 18.5. The number of hydrogen-bond acceptors (Lipinski definition) is 5. The predicted molar refractivity (Wildman–Crippen MR) is 138 cm³/mol. The summed E-state index contributed by atoms with van der Waals surface area (Å²) in [5.74, 6) is 2.79. The molecule has 2 aromatic carbocycles. The Morgan fingerprint density at radius 1 is 0.971 bits per heavy atom. The van der Waals surface area contributed by atoms with Crippen LogP contribution in [-0.2, 0) is 12.8 Å². The number of aliphatic hydroxyl groups excluding tert-OH is 1. The van der Waals surface area contributed by atoms with E-state index in [-0.39, 0.29) is 34.4 Å². The highest BCUT2D eigenvalue weighted by atomic mass is 16.5. The number of hydrogen-bond donors (Lipinski definition) is 2. The normalized spacial score (nSPS) is 28.3. The van der Waals surface area contributed by atoms with Gasteiger partial charge in [-0.1, -0.05) is 26.0 Å². The average molecular weight is 479 g/mol. The molecule has 2 aromatic rings. The third-order valence-electron chi connectivity index (χ3n) is 8.58. The van der Waals surface area contributed by atoms with Crippen molar-refractivity contribution in [2.24, 2.45) is 11.3 Å². The van der Waals surface area contributed by atoms with Crippen LogP contribution in [0.2, 0.25) is 0 Å². The Hall–Kier alpha value is -2.66. The molecule has 0 aromatic heterocycles. The van der Waals surface area contributed by atoms with Gasteiger partial charge in [0.1, 0.15) is 22.7 Å². The first kappa shape index (κ1) is 24.1. The molecule has 2 heterocycles. The second-order valence-corrected chi connectivity index (χ2v) is 12.0. The van der Waals surface area contributed by atoms with Crippen molar-refractivity contribution in [2.75, 3.05) is 7.11 Å². The van der Waals surface area contributed by atoms with Crippen LogP contribution < -0.4 is 14.2 Å². The summed E-state index contributed by atoms with van der Waals surface area (Å²) in [6.07, 6.45) is 7.79. The minimum Gasteiger partial charge on any atom is -0.508 e. The van der Waals surface area contributed by atoms with E-state index in [0.717, 1.165) is 71.6 Å². The fourth-order valence-corrected chi connectivity index (χ4v) is 6.30. The Labute approximate surface area is 208 Å². The minimum absolute atomic E-state index is 0.202. The second-order valence-electron chi connectivity index (χ2n) is 12.0. The van der Waals surface area contributed by atoms with Crippen LogP contribution in [0.25, 0.3) is 12.2 Å². The van der Waals surface area contributed by atoms with Crippen LogP contribution in [0.4, 0.5) is 0 Å². The van der Waals surface area contributed by atoms with Crippen LogP contribution in [0.3, 0.4) is 0 Å². The van der Waals surface area contributed by atoms with E-state index >= 15 is 0 Å². The molecule has 2 N–H and O–H groups in total. The van der Waals surface area contributed by atoms with Gasteiger partial charge in [-0.15, -0.1) is 0 Å². The zero-order valence-electron chi connectivity index (χ0n) is 21.8. The highest BCUT2D eigenvalue weighted by Gasteiger charge is 2.54. The van der Waals surface area contributed by atoms with Gasteiger partial charge in [0.15, 0.2) is 11.5 Å². The number of aromatic hydroxyl groups is 1. The number of benzene rings is 2. The van der Waals surface area contributed by atoms with E-state index in [1.165, 1.54) is 0 Å². The van der Waals surface area contributed by atoms with Gasteiger partial charge in [-0.25, -0.2) is 0 Å². The van der Waals surface area contributed by atoms with Crippen molar-refractivity contribution in [3.05, 3.63) is 46.5 Å². The van der Waals surface area contributed by atoms with Crippen LogP contribution in [0, 0.1) is 11.3 Å². The zero-order valence-corrected chi connectivity index (χ0v) is 21.8. The molecule has 5 heteroatoms. The summed E-state index contributed by atoms with van der Waals surface area (Å²) >= 11 is 0. The van der Waals surface area contributed by atoms with Crippen molar-refractivity contribution < 1.29 is 24.4 Å². The van der Waals surface area contributed by atoms with E-state index in [2.05, 4.69) is 40.7 Å². The molecule has 5 nitrogen and oxygen atoms in total. The minimum atomic E-state index is -0.334. The fourth-order valence-electron chi connectivity index (χ4n) is 6.30. The van der Waals surface area contributed by atoms with Gasteiger partial charge in [0.05, 0.1) is 13.2 Å². The molecule has 35 heavy (non-hydrogen) atoms. The quantitative estimate of drug-likeness (QED) is 0.517. The SMILES string of the molecule is COc1cc(/C=C/c2cc(O)c3c(c2)OC(C)(C)CC3)cc2c1O[C@]1(C)CC[C@@H](O)C(C)(C)[C@H]1C2. The summed E-state index contributed by atoms with van der Waals surface area (Å²) in [5, 5.41) is 21.3. The number of rotatable bonds is 3. The molecule has 0 amide bonds. The van der Waals surface area contributed by atoms with E-state index in [4.69, 9.17) is 14.2 Å². The molecular formula is C30H38O5. The first-order chi connectivity index (χ1) is 16.4. The monoisotopic (exact) mass is 478 g/mol. The third-order valence-corrected chi connectivity index (χ3v) is 8.58. The molecule has 5 rings (SSSR count). The lowest BCUT2D eigenvalue weighted by Crippen LogP contribution is -2.58. The van der Waals surface area contributed by atoms with E-state index in [1.54, 1.807) is 13.2 Å². The molecule has 3 aliphatic rings. The molecule has 0 saturated heterocycles. The van der Waals surface area contributed by atoms with Gasteiger partial charge in [0.2, 0.25) is 0 Å². The Bertz CT molecular complexity index is 1180. The van der Waals surface area contributed by atoms with E-state index < -0.39 is 0 Å². The topological polar surface area (TPSA) is 68.2 Å². The number of methoxy groups -OCH3 is 1. The Morgan fingerprint density at radius 2 is 1.69 bits per heavy atom. The smallest absolute Gasteiger partial charge is 0.165 e. The summed E-state index contributed by atoms with van der Waals surface area (Å²) in [4.78, 5) is 0. The highest BCUT2D eigenvalue weighted by molar-refractivity contribution is 5.74. The summed E-state index contributed by atoms with van der Waals surface area (Å²) in [5.41, 5.74) is 3.08. The molecular weight excluding hydrogens is 440 g/mol. The van der Waals surface area contributed by atoms with Crippen LogP contribution in [0.1, 0.15) is 76.1 Å². The molecule has 1 saturated carbocycles. The van der Waals surface area contributed by atoms with Gasteiger partial charge in [0, 0.05) is 11.5 Å². The van der Waals surface area contributed by atoms with E-state index in [0.29, 0.717) is 0 Å². The molecule has 188 valence electrons. The first-order valence-corrected chi connectivity index (χ1v) is 12.7. The molecule has 3 atom stereocenters. The number of fused-ring (bicyclic) bond motifs is 3. The van der Waals surface area contributed by atoms with Gasteiger partial charge in [-0.3, -0.25) is 0 Å². The molecule has 0 radical (unpaired) electrons. The molecule has 0 bridgehead atoms. The molecule has 1 fully saturated rings. The van der Waals surface area contributed by atoms with Gasteiger partial charge >= 0.3 is 0 Å². The fraction of sp³-hybridized carbons (Fsp3) is 0.533. The van der Waals surface area contributed by atoms with Crippen molar-refractivity contribution in [1.29, 1.82) is 0 Å². The van der Waals surface area contributed by atoms with E-state index in [9.17, 15) is 10.2 Å². The van der Waals surface area contributed by atoms with Gasteiger partial charge < -0.3 is 24.4 Å². The van der Waals surface area contributed by atoms with Crippen LogP contribution in [0.15, 0.2) is 24.3 Å². The summed E-state index contributed by atoms with van der Waals surface area (Å²) in [6.45, 7) is 10.6. The van der Waals surface area contributed by atoms with Crippen molar-refractivity contribution in [2.45, 2.75) is 84.0 Å². The van der Waals surface area contributed by atoms with Crippen molar-refractivity contribution in [3.63, 3.8) is 0 Å². The lowest BCUT2D eigenvalue weighted by atomic mass is 9.57. The van der Waals surface area contributed by atoms with Gasteiger partial charge in [-0.05, 0) is 99.2 Å². The van der Waals surface area contributed by atoms with Gasteiger partial charge in [-0.2, -0.15) is 0 Å². The third kappa shape index (κ3) is 4.18. The average Bonchev–Trinajstić information content (AvgIpc) is 2.78. The molecule has 1 aliphatic carbocycles. The number of aliphatic hydroxyl groups is 1. The van der Waals surface area contributed by atoms with Crippen molar-refractivity contribution in [3.8, 4) is 23.0 Å². The molecule has 0 spiro atoms. The Morgan fingerprint density at radius 3 is 2.40 bits per heavy atom. The van der Waals surface area contributed by atoms with Crippen LogP contribution in [-0.4, -0.2) is 34.6 Å². The van der Waals surface area contributed by atoms with E-state index in [1.807, 2.05) is 24.3 Å². The Kier molecular flexibility index (Phi) is 5.63. The zero-order chi connectivity index (χ0) is 25.2. The largest absolute Gasteiger partial charge is 0.508 e. The lowest BCUT2D eigenvalue weighted by Gasteiger charge is -2.55. The number of ether oxygens (including phenoxy) is 3.